The van der Waals surface area contributed by atoms with Crippen molar-refractivity contribution >= 4 is 15.9 Å². The number of carbonyl (C=O) groups excluding carboxylic acids is 1. The lowest BCUT2D eigenvalue weighted by molar-refractivity contribution is 0.0992. The van der Waals surface area contributed by atoms with Gasteiger partial charge in [0.15, 0.2) is 0 Å². The third kappa shape index (κ3) is 3.48. The van der Waals surface area contributed by atoms with Gasteiger partial charge in [0.05, 0.1) is 6.54 Å². The molecule has 0 aliphatic rings. The summed E-state index contributed by atoms with van der Waals surface area (Å²) >= 11 is 0. The molecule has 0 atom stereocenters. The van der Waals surface area contributed by atoms with Crippen LogP contribution in [0.15, 0.2) is 33.7 Å². The molecule has 0 unspecified atom stereocenters. The quantitative estimate of drug-likeness (QED) is 0.864. The fourth-order valence-corrected chi connectivity index (χ4v) is 4.00. The van der Waals surface area contributed by atoms with Gasteiger partial charge in [-0.05, 0) is 39.0 Å². The normalized spacial score (nSPS) is 12.3. The maximum absolute atomic E-state index is 12.9. The number of carbonyl (C=O) groups is 1. The smallest absolute Gasteiger partial charge is 0.265 e. The van der Waals surface area contributed by atoms with E-state index < -0.39 is 15.9 Å². The molecule has 0 aliphatic carbocycles. The van der Waals surface area contributed by atoms with Gasteiger partial charge >= 0.3 is 0 Å². The summed E-state index contributed by atoms with van der Waals surface area (Å²) in [6.45, 7) is 5.49. The average molecular weight is 339 g/mol. The molecule has 2 aromatic heterocycles. The van der Waals surface area contributed by atoms with Gasteiger partial charge in [0.1, 0.15) is 22.1 Å². The van der Waals surface area contributed by atoms with Crippen molar-refractivity contribution in [2.75, 3.05) is 0 Å². The highest BCUT2D eigenvalue weighted by molar-refractivity contribution is 7.89. The second-order valence-electron chi connectivity index (χ2n) is 5.69. The summed E-state index contributed by atoms with van der Waals surface area (Å²) in [6.07, 6.45) is 1.39. The topological polar surface area (TPSA) is 98.5 Å². The minimum absolute atomic E-state index is 0.0331. The van der Waals surface area contributed by atoms with Crippen molar-refractivity contribution in [3.63, 3.8) is 0 Å². The van der Waals surface area contributed by atoms with Crippen molar-refractivity contribution in [3.05, 3.63) is 41.6 Å². The average Bonchev–Trinajstić information content (AvgIpc) is 3.01. The Kier molecular flexibility index (Phi) is 4.67. The summed E-state index contributed by atoms with van der Waals surface area (Å²) in [4.78, 5) is 11.4. The van der Waals surface area contributed by atoms with Crippen molar-refractivity contribution in [3.8, 4) is 0 Å². The van der Waals surface area contributed by atoms with E-state index in [9.17, 15) is 13.2 Å². The molecule has 0 bridgehead atoms. The summed E-state index contributed by atoms with van der Waals surface area (Å²) in [5.74, 6) is 0.606. The zero-order valence-corrected chi connectivity index (χ0v) is 14.4. The van der Waals surface area contributed by atoms with Crippen molar-refractivity contribution in [1.82, 2.24) is 8.87 Å². The van der Waals surface area contributed by atoms with E-state index in [1.807, 2.05) is 0 Å². The fraction of sp³-hybridized carbons (Fsp3) is 0.400. The summed E-state index contributed by atoms with van der Waals surface area (Å²) in [7, 11) is -2.20. The Morgan fingerprint density at radius 1 is 1.39 bits per heavy atom. The van der Waals surface area contributed by atoms with E-state index in [1.54, 1.807) is 40.0 Å². The lowest BCUT2D eigenvalue weighted by atomic mass is 10.3. The monoisotopic (exact) mass is 339 g/mol. The zero-order chi connectivity index (χ0) is 17.4. The molecule has 0 fully saturated rings. The van der Waals surface area contributed by atoms with Gasteiger partial charge in [-0.2, -0.15) is 4.31 Å². The van der Waals surface area contributed by atoms with Gasteiger partial charge in [0, 0.05) is 19.3 Å². The van der Waals surface area contributed by atoms with Crippen LogP contribution in [0.2, 0.25) is 0 Å². The van der Waals surface area contributed by atoms with Crippen LogP contribution in [0.5, 0.6) is 0 Å². The second-order valence-corrected chi connectivity index (χ2v) is 7.58. The highest BCUT2D eigenvalue weighted by Gasteiger charge is 2.30. The van der Waals surface area contributed by atoms with Gasteiger partial charge in [-0.1, -0.05) is 0 Å². The maximum atomic E-state index is 12.9. The van der Waals surface area contributed by atoms with Crippen LogP contribution in [0.25, 0.3) is 0 Å². The first-order valence-corrected chi connectivity index (χ1v) is 8.60. The van der Waals surface area contributed by atoms with Crippen molar-refractivity contribution in [1.29, 1.82) is 0 Å². The molecule has 7 nitrogen and oxygen atoms in total. The SMILES string of the molecule is Cc1ccc(CN(C(C)C)S(=O)(=O)c2cc(C(N)=O)n(C)c2)o1. The molecule has 23 heavy (non-hydrogen) atoms. The Hall–Kier alpha value is -2.06. The number of rotatable bonds is 6. The maximum Gasteiger partial charge on any atom is 0.265 e. The summed E-state index contributed by atoms with van der Waals surface area (Å²) < 4.78 is 34.0. The van der Waals surface area contributed by atoms with Gasteiger partial charge in [-0.25, -0.2) is 8.42 Å². The Morgan fingerprint density at radius 2 is 2.04 bits per heavy atom. The van der Waals surface area contributed by atoms with Crippen molar-refractivity contribution in [2.24, 2.45) is 12.8 Å². The molecule has 0 saturated carbocycles. The fourth-order valence-electron chi connectivity index (χ4n) is 2.32. The molecule has 8 heteroatoms. The number of aryl methyl sites for hydroxylation is 2. The molecule has 0 aromatic carbocycles. The molecule has 2 aromatic rings. The molecule has 0 radical (unpaired) electrons. The number of primary amides is 1. The van der Waals surface area contributed by atoms with E-state index in [-0.39, 0.29) is 23.2 Å². The molecular weight excluding hydrogens is 318 g/mol. The standard InChI is InChI=1S/C15H21N3O4S/c1-10(2)18(8-12-6-5-11(3)22-12)23(20,21)13-7-14(15(16)19)17(4)9-13/h5-7,9-10H,8H2,1-4H3,(H2,16,19). The number of nitrogens with zero attached hydrogens (tertiary/aromatic N) is 2. The van der Waals surface area contributed by atoms with Gasteiger partial charge in [-0.3, -0.25) is 4.79 Å². The summed E-state index contributed by atoms with van der Waals surface area (Å²) in [5.41, 5.74) is 5.39. The van der Waals surface area contributed by atoms with Crippen LogP contribution in [0, 0.1) is 6.92 Å². The Balaban J connectivity index is 2.40. The Bertz CT molecular complexity index is 818. The van der Waals surface area contributed by atoms with Gasteiger partial charge in [0.2, 0.25) is 10.0 Å². The van der Waals surface area contributed by atoms with E-state index in [0.717, 1.165) is 5.76 Å². The number of hydrogen-bond donors (Lipinski definition) is 1. The molecular formula is C15H21N3O4S. The summed E-state index contributed by atoms with van der Waals surface area (Å²) in [5, 5.41) is 0. The van der Waals surface area contributed by atoms with E-state index in [2.05, 4.69) is 0 Å². The minimum Gasteiger partial charge on any atom is -0.465 e. The first kappa shape index (κ1) is 17.3. The van der Waals surface area contributed by atoms with Crippen LogP contribution in [0.4, 0.5) is 0 Å². The molecule has 0 spiro atoms. The van der Waals surface area contributed by atoms with E-state index >= 15 is 0 Å². The van der Waals surface area contributed by atoms with Gasteiger partial charge < -0.3 is 14.7 Å². The first-order valence-electron chi connectivity index (χ1n) is 7.16. The minimum atomic E-state index is -3.78. The molecule has 2 N–H and O–H groups in total. The second kappa shape index (κ2) is 6.21. The number of aromatic nitrogens is 1. The predicted molar refractivity (Wildman–Crippen MR) is 85.2 cm³/mol. The molecule has 0 saturated heterocycles. The Morgan fingerprint density at radius 3 is 2.48 bits per heavy atom. The first-order chi connectivity index (χ1) is 10.6. The molecule has 1 amide bonds. The molecule has 2 rings (SSSR count). The van der Waals surface area contributed by atoms with Crippen LogP contribution in [-0.2, 0) is 23.6 Å². The third-order valence-corrected chi connectivity index (χ3v) is 5.51. The van der Waals surface area contributed by atoms with Gasteiger partial charge in [-0.15, -0.1) is 0 Å². The van der Waals surface area contributed by atoms with Crippen LogP contribution < -0.4 is 5.73 Å². The van der Waals surface area contributed by atoms with Gasteiger partial charge in [0.25, 0.3) is 5.91 Å². The molecule has 2 heterocycles. The number of hydrogen-bond acceptors (Lipinski definition) is 4. The molecule has 0 aliphatic heterocycles. The van der Waals surface area contributed by atoms with Crippen molar-refractivity contribution < 1.29 is 17.6 Å². The van der Waals surface area contributed by atoms with E-state index in [1.165, 1.54) is 21.1 Å². The zero-order valence-electron chi connectivity index (χ0n) is 13.6. The summed E-state index contributed by atoms with van der Waals surface area (Å²) in [6, 6.07) is 4.55. The van der Waals surface area contributed by atoms with E-state index in [0.29, 0.717) is 5.76 Å². The van der Waals surface area contributed by atoms with Crippen molar-refractivity contribution in [2.45, 2.75) is 38.3 Å². The van der Waals surface area contributed by atoms with Crippen LogP contribution >= 0.6 is 0 Å². The van der Waals surface area contributed by atoms with E-state index in [4.69, 9.17) is 10.2 Å². The third-order valence-electron chi connectivity index (χ3n) is 3.52. The molecule has 126 valence electrons. The Labute approximate surface area is 135 Å². The van der Waals surface area contributed by atoms with Crippen LogP contribution in [0.3, 0.4) is 0 Å². The van der Waals surface area contributed by atoms with Crippen LogP contribution in [0.1, 0.15) is 35.9 Å². The number of sulfonamides is 1. The number of amides is 1. The largest absolute Gasteiger partial charge is 0.465 e. The number of furan rings is 1. The lowest BCUT2D eigenvalue weighted by Crippen LogP contribution is -2.36. The highest BCUT2D eigenvalue weighted by atomic mass is 32.2. The predicted octanol–water partition coefficient (Wildman–Crippen LogP) is 1.62. The van der Waals surface area contributed by atoms with Crippen LogP contribution in [-0.4, -0.2) is 29.2 Å². The highest BCUT2D eigenvalue weighted by Crippen LogP contribution is 2.23. The number of nitrogens with two attached hydrogens (primary N) is 1. The lowest BCUT2D eigenvalue weighted by Gasteiger charge is -2.24.